The van der Waals surface area contributed by atoms with Gasteiger partial charge in [0.25, 0.3) is 0 Å². The van der Waals surface area contributed by atoms with Gasteiger partial charge in [0.15, 0.2) is 6.10 Å². The number of rotatable bonds is 5. The molecule has 5 nitrogen and oxygen atoms in total. The van der Waals surface area contributed by atoms with Crippen molar-refractivity contribution in [1.82, 2.24) is 5.32 Å². The number of hydrogen-bond acceptors (Lipinski definition) is 4. The lowest BCUT2D eigenvalue weighted by Gasteiger charge is -2.07. The molecule has 0 heterocycles. The second-order valence-corrected chi connectivity index (χ2v) is 2.67. The van der Waals surface area contributed by atoms with Gasteiger partial charge in [-0.1, -0.05) is 18.2 Å². The molecule has 0 bridgehead atoms. The van der Waals surface area contributed by atoms with Gasteiger partial charge in [-0.25, -0.2) is 4.79 Å². The van der Waals surface area contributed by atoms with E-state index in [1.165, 1.54) is 13.2 Å². The van der Waals surface area contributed by atoms with E-state index in [2.05, 4.69) is 10.1 Å². The van der Waals surface area contributed by atoms with E-state index < -0.39 is 12.1 Å². The summed E-state index contributed by atoms with van der Waals surface area (Å²) in [4.78, 5) is 21.8. The molecule has 0 spiro atoms. The maximum atomic E-state index is 11.0. The van der Waals surface area contributed by atoms with Crippen LogP contribution in [0.1, 0.15) is 6.92 Å². The molecule has 0 aliphatic heterocycles. The summed E-state index contributed by atoms with van der Waals surface area (Å²) in [6, 6.07) is 0. The second-order valence-electron chi connectivity index (χ2n) is 2.67. The lowest BCUT2D eigenvalue weighted by molar-refractivity contribution is -0.150. The Morgan fingerprint density at radius 2 is 2.13 bits per heavy atom. The average molecular weight is 213 g/mol. The summed E-state index contributed by atoms with van der Waals surface area (Å²) in [7, 11) is 1.17. The Balaban J connectivity index is 3.85. The third kappa shape index (κ3) is 6.45. The topological polar surface area (TPSA) is 75.6 Å². The minimum Gasteiger partial charge on any atom is -0.467 e. The molecule has 0 saturated heterocycles. The Labute approximate surface area is 88.4 Å². The summed E-state index contributed by atoms with van der Waals surface area (Å²) in [6.07, 6.45) is 4.99. The zero-order chi connectivity index (χ0) is 11.7. The zero-order valence-electron chi connectivity index (χ0n) is 8.77. The molecule has 0 fully saturated rings. The Bertz CT molecular complexity index is 271. The van der Waals surface area contributed by atoms with Crippen molar-refractivity contribution in [3.8, 4) is 0 Å². The number of ether oxygens (including phenoxy) is 1. The Morgan fingerprint density at radius 1 is 1.47 bits per heavy atom. The fourth-order valence-corrected chi connectivity index (χ4v) is 0.730. The van der Waals surface area contributed by atoms with Gasteiger partial charge in [0.05, 0.1) is 13.7 Å². The highest BCUT2D eigenvalue weighted by Crippen LogP contribution is 1.85. The summed E-state index contributed by atoms with van der Waals surface area (Å²) in [5.74, 6) is -1.15. The molecule has 2 N–H and O–H groups in total. The Kier molecular flexibility index (Phi) is 6.92. The predicted octanol–water partition coefficient (Wildman–Crippen LogP) is -0.231. The molecule has 5 heteroatoms. The second kappa shape index (κ2) is 7.75. The van der Waals surface area contributed by atoms with E-state index in [4.69, 9.17) is 5.11 Å². The van der Waals surface area contributed by atoms with Crippen LogP contribution in [0.5, 0.6) is 0 Å². The van der Waals surface area contributed by atoms with E-state index in [1.807, 2.05) is 6.92 Å². The van der Waals surface area contributed by atoms with Crippen LogP contribution >= 0.6 is 0 Å². The molecule has 0 aromatic carbocycles. The van der Waals surface area contributed by atoms with Crippen LogP contribution in [0.3, 0.4) is 0 Å². The Hall–Kier alpha value is -1.62. The number of carbonyl (C=O) groups is 2. The van der Waals surface area contributed by atoms with Gasteiger partial charge in [0, 0.05) is 6.08 Å². The van der Waals surface area contributed by atoms with Crippen LogP contribution in [0.25, 0.3) is 0 Å². The number of aliphatic hydroxyl groups excluding tert-OH is 1. The van der Waals surface area contributed by atoms with Crippen molar-refractivity contribution in [3.05, 3.63) is 24.3 Å². The van der Waals surface area contributed by atoms with Gasteiger partial charge < -0.3 is 15.2 Å². The monoisotopic (exact) mass is 213 g/mol. The highest BCUT2D eigenvalue weighted by atomic mass is 16.5. The molecule has 1 unspecified atom stereocenters. The quantitative estimate of drug-likeness (QED) is 0.376. The third-order valence-corrected chi connectivity index (χ3v) is 1.49. The van der Waals surface area contributed by atoms with Crippen molar-refractivity contribution in [2.75, 3.05) is 13.7 Å². The van der Waals surface area contributed by atoms with Crippen LogP contribution in [0.2, 0.25) is 0 Å². The van der Waals surface area contributed by atoms with Gasteiger partial charge in [-0.2, -0.15) is 0 Å². The lowest BCUT2D eigenvalue weighted by atomic mass is 10.3. The smallest absolute Gasteiger partial charge is 0.336 e. The molecule has 0 aromatic rings. The standard InChI is InChI=1S/C10H15NO4/c1-3-4-5-6-9(13)11-7-8(12)10(14)15-2/h3-6,8,12H,7H2,1-2H3,(H,11,13)/b4-3?,6-5+. The molecular weight excluding hydrogens is 198 g/mol. The van der Waals surface area contributed by atoms with Crippen LogP contribution in [0, 0.1) is 0 Å². The van der Waals surface area contributed by atoms with Gasteiger partial charge >= 0.3 is 5.97 Å². The third-order valence-electron chi connectivity index (χ3n) is 1.49. The normalized spacial score (nSPS) is 13.0. The largest absolute Gasteiger partial charge is 0.467 e. The fraction of sp³-hybridized carbons (Fsp3) is 0.400. The van der Waals surface area contributed by atoms with Crippen molar-refractivity contribution in [1.29, 1.82) is 0 Å². The van der Waals surface area contributed by atoms with E-state index in [1.54, 1.807) is 18.2 Å². The highest BCUT2D eigenvalue weighted by Gasteiger charge is 2.14. The van der Waals surface area contributed by atoms with Gasteiger partial charge in [0.2, 0.25) is 5.91 Å². The maximum Gasteiger partial charge on any atom is 0.336 e. The minimum absolute atomic E-state index is 0.161. The SMILES string of the molecule is CC=C/C=C/C(=O)NCC(O)C(=O)OC. The van der Waals surface area contributed by atoms with Gasteiger partial charge in [-0.05, 0) is 6.92 Å². The molecule has 1 amide bonds. The molecule has 1 atom stereocenters. The molecule has 15 heavy (non-hydrogen) atoms. The van der Waals surface area contributed by atoms with Gasteiger partial charge in [0.1, 0.15) is 0 Å². The molecule has 0 aromatic heterocycles. The van der Waals surface area contributed by atoms with Crippen LogP contribution < -0.4 is 5.32 Å². The van der Waals surface area contributed by atoms with E-state index in [0.29, 0.717) is 0 Å². The summed E-state index contributed by atoms with van der Waals surface area (Å²) in [6.45, 7) is 1.66. The van der Waals surface area contributed by atoms with Crippen molar-refractivity contribution < 1.29 is 19.4 Å². The Morgan fingerprint density at radius 3 is 2.67 bits per heavy atom. The first-order valence-electron chi connectivity index (χ1n) is 4.45. The number of hydrogen-bond donors (Lipinski definition) is 2. The van der Waals surface area contributed by atoms with Crippen LogP contribution in [-0.2, 0) is 14.3 Å². The molecular formula is C10H15NO4. The van der Waals surface area contributed by atoms with E-state index in [-0.39, 0.29) is 12.5 Å². The van der Waals surface area contributed by atoms with Crippen LogP contribution in [0.4, 0.5) is 0 Å². The fourth-order valence-electron chi connectivity index (χ4n) is 0.730. The number of aliphatic hydroxyl groups is 1. The first kappa shape index (κ1) is 13.4. The summed E-state index contributed by atoms with van der Waals surface area (Å²) in [5.41, 5.74) is 0. The summed E-state index contributed by atoms with van der Waals surface area (Å²) in [5, 5.41) is 11.5. The molecule has 0 rings (SSSR count). The molecule has 0 aliphatic carbocycles. The van der Waals surface area contributed by atoms with Crippen molar-refractivity contribution in [2.24, 2.45) is 0 Å². The van der Waals surface area contributed by atoms with Crippen LogP contribution in [0.15, 0.2) is 24.3 Å². The van der Waals surface area contributed by atoms with E-state index in [9.17, 15) is 9.59 Å². The number of allylic oxidation sites excluding steroid dienone is 3. The number of amides is 1. The zero-order valence-corrected chi connectivity index (χ0v) is 8.77. The van der Waals surface area contributed by atoms with E-state index in [0.717, 1.165) is 0 Å². The predicted molar refractivity (Wildman–Crippen MR) is 55.0 cm³/mol. The number of esters is 1. The first-order valence-corrected chi connectivity index (χ1v) is 4.45. The number of carbonyl (C=O) groups excluding carboxylic acids is 2. The maximum absolute atomic E-state index is 11.0. The minimum atomic E-state index is -1.32. The van der Waals surface area contributed by atoms with Crippen molar-refractivity contribution >= 4 is 11.9 Å². The number of methoxy groups -OCH3 is 1. The first-order chi connectivity index (χ1) is 7.11. The van der Waals surface area contributed by atoms with Crippen LogP contribution in [-0.4, -0.2) is 36.7 Å². The molecule has 0 saturated carbocycles. The summed E-state index contributed by atoms with van der Waals surface area (Å²) < 4.78 is 4.27. The number of nitrogens with one attached hydrogen (secondary N) is 1. The van der Waals surface area contributed by atoms with E-state index >= 15 is 0 Å². The molecule has 0 aliphatic rings. The lowest BCUT2D eigenvalue weighted by Crippen LogP contribution is -2.36. The van der Waals surface area contributed by atoms with Gasteiger partial charge in [-0.3, -0.25) is 4.79 Å². The highest BCUT2D eigenvalue weighted by molar-refractivity contribution is 5.88. The van der Waals surface area contributed by atoms with Gasteiger partial charge in [-0.15, -0.1) is 0 Å². The summed E-state index contributed by atoms with van der Waals surface area (Å²) >= 11 is 0. The van der Waals surface area contributed by atoms with Crippen molar-refractivity contribution in [3.63, 3.8) is 0 Å². The molecule has 0 radical (unpaired) electrons. The average Bonchev–Trinajstić information content (AvgIpc) is 2.25. The van der Waals surface area contributed by atoms with Crippen molar-refractivity contribution in [2.45, 2.75) is 13.0 Å². The molecule has 84 valence electrons.